The summed E-state index contributed by atoms with van der Waals surface area (Å²) >= 11 is 3.31. The number of pyridine rings is 1. The fourth-order valence-corrected chi connectivity index (χ4v) is 2.46. The van der Waals surface area contributed by atoms with Gasteiger partial charge in [0.05, 0.1) is 0 Å². The predicted octanol–water partition coefficient (Wildman–Crippen LogP) is 4.38. The molecule has 0 fully saturated rings. The first-order valence-corrected chi connectivity index (χ1v) is 6.77. The zero-order valence-corrected chi connectivity index (χ0v) is 12.3. The largest absolute Gasteiger partial charge is 0.388 e. The van der Waals surface area contributed by atoms with Crippen LogP contribution in [-0.2, 0) is 6.42 Å². The lowest BCUT2D eigenvalue weighted by molar-refractivity contribution is 0.625. The normalized spacial score (nSPS) is 11.2. The average molecular weight is 311 g/mol. The van der Waals surface area contributed by atoms with Gasteiger partial charge in [0.2, 0.25) is 0 Å². The molecule has 0 aliphatic rings. The Labute approximate surface area is 115 Å². The number of nitrogens with zero attached hydrogens (tertiary/aromatic N) is 1. The minimum absolute atomic E-state index is 0.290. The van der Waals surface area contributed by atoms with Crippen LogP contribution in [-0.4, -0.2) is 12.0 Å². The molecule has 0 aliphatic carbocycles. The Bertz CT molecular complexity index is 582. The molecule has 18 heavy (non-hydrogen) atoms. The van der Waals surface area contributed by atoms with Crippen molar-refractivity contribution in [2.75, 3.05) is 12.4 Å². The fourth-order valence-electron chi connectivity index (χ4n) is 2.03. The van der Waals surface area contributed by atoms with Gasteiger partial charge in [-0.1, -0.05) is 29.8 Å². The number of anilines is 1. The van der Waals surface area contributed by atoms with E-state index in [4.69, 9.17) is 0 Å². The van der Waals surface area contributed by atoms with Gasteiger partial charge in [0.1, 0.15) is 5.52 Å². The Balaban J connectivity index is 2.67. The molecule has 2 nitrogen and oxygen atoms in total. The summed E-state index contributed by atoms with van der Waals surface area (Å²) in [4.78, 5) is 4.43. The van der Waals surface area contributed by atoms with E-state index >= 15 is 0 Å². The molecule has 1 aromatic carbocycles. The van der Waals surface area contributed by atoms with E-state index in [-0.39, 0.29) is 5.82 Å². The molecule has 96 valence electrons. The van der Waals surface area contributed by atoms with E-state index in [1.54, 1.807) is 0 Å². The Morgan fingerprint density at radius 3 is 2.67 bits per heavy atom. The lowest BCUT2D eigenvalue weighted by Gasteiger charge is -2.11. The highest BCUT2D eigenvalue weighted by atomic mass is 79.9. The quantitative estimate of drug-likeness (QED) is 0.910. The van der Waals surface area contributed by atoms with E-state index in [1.165, 1.54) is 6.07 Å². The predicted molar refractivity (Wildman–Crippen MR) is 77.5 cm³/mol. The van der Waals surface area contributed by atoms with Crippen molar-refractivity contribution >= 4 is 32.5 Å². The van der Waals surface area contributed by atoms with Crippen molar-refractivity contribution in [2.45, 2.75) is 20.3 Å². The second-order valence-electron chi connectivity index (χ2n) is 4.79. The Kier molecular flexibility index (Phi) is 3.85. The Morgan fingerprint density at radius 2 is 2.06 bits per heavy atom. The van der Waals surface area contributed by atoms with E-state index in [0.717, 1.165) is 27.7 Å². The van der Waals surface area contributed by atoms with Crippen molar-refractivity contribution in [3.63, 3.8) is 0 Å². The minimum Gasteiger partial charge on any atom is -0.388 e. The lowest BCUT2D eigenvalue weighted by Crippen LogP contribution is -2.01. The summed E-state index contributed by atoms with van der Waals surface area (Å²) in [7, 11) is 1.84. The van der Waals surface area contributed by atoms with Gasteiger partial charge < -0.3 is 5.32 Å². The van der Waals surface area contributed by atoms with Gasteiger partial charge in [0.15, 0.2) is 5.82 Å². The molecular weight excluding hydrogens is 295 g/mol. The van der Waals surface area contributed by atoms with Crippen LogP contribution in [0.15, 0.2) is 22.7 Å². The molecule has 0 atom stereocenters. The van der Waals surface area contributed by atoms with Gasteiger partial charge in [0, 0.05) is 28.3 Å². The summed E-state index contributed by atoms with van der Waals surface area (Å²) in [6.45, 7) is 4.26. The van der Waals surface area contributed by atoms with Crippen molar-refractivity contribution in [1.29, 1.82) is 0 Å². The monoisotopic (exact) mass is 310 g/mol. The smallest absolute Gasteiger partial charge is 0.150 e. The fraction of sp³-hybridized carbons (Fsp3) is 0.357. The summed E-state index contributed by atoms with van der Waals surface area (Å²) < 4.78 is 14.7. The van der Waals surface area contributed by atoms with Gasteiger partial charge in [-0.2, -0.15) is 0 Å². The highest BCUT2D eigenvalue weighted by Gasteiger charge is 2.11. The van der Waals surface area contributed by atoms with Gasteiger partial charge in [-0.05, 0) is 30.5 Å². The first kappa shape index (κ1) is 13.3. The molecule has 0 aliphatic heterocycles. The second-order valence-corrected chi connectivity index (χ2v) is 5.71. The van der Waals surface area contributed by atoms with E-state index in [2.05, 4.69) is 40.1 Å². The molecule has 1 N–H and O–H groups in total. The van der Waals surface area contributed by atoms with Crippen LogP contribution in [0.2, 0.25) is 0 Å². The molecule has 0 radical (unpaired) electrons. The molecular formula is C14H16BrFN2. The minimum atomic E-state index is -0.290. The van der Waals surface area contributed by atoms with E-state index in [1.807, 2.05) is 19.2 Å². The first-order valence-electron chi connectivity index (χ1n) is 5.97. The van der Waals surface area contributed by atoms with Crippen molar-refractivity contribution in [2.24, 2.45) is 5.92 Å². The van der Waals surface area contributed by atoms with E-state index in [0.29, 0.717) is 11.4 Å². The highest BCUT2D eigenvalue weighted by molar-refractivity contribution is 9.10. The molecule has 0 saturated heterocycles. The Hall–Kier alpha value is -1.16. The summed E-state index contributed by atoms with van der Waals surface area (Å²) in [5.74, 6) is 0.208. The number of rotatable bonds is 3. The summed E-state index contributed by atoms with van der Waals surface area (Å²) in [6, 6.07) is 5.33. The number of benzene rings is 1. The van der Waals surface area contributed by atoms with Crippen molar-refractivity contribution in [3.8, 4) is 0 Å². The number of hydrogen-bond acceptors (Lipinski definition) is 2. The molecule has 1 heterocycles. The van der Waals surface area contributed by atoms with Gasteiger partial charge >= 0.3 is 0 Å². The summed E-state index contributed by atoms with van der Waals surface area (Å²) in [5, 5.41) is 3.91. The molecule has 1 aromatic heterocycles. The molecule has 4 heteroatoms. The van der Waals surface area contributed by atoms with Crippen LogP contribution >= 0.6 is 15.9 Å². The number of halogens is 2. The topological polar surface area (TPSA) is 24.9 Å². The zero-order valence-electron chi connectivity index (χ0n) is 10.7. The van der Waals surface area contributed by atoms with Crippen molar-refractivity contribution < 1.29 is 4.39 Å². The number of aromatic nitrogens is 1. The molecule has 0 bridgehead atoms. The standard InChI is InChI=1S/C14H16BrFN2/c1-8(2)4-10-7-13(17-3)11-5-9(15)6-12(16)14(11)18-10/h5-8H,4H2,1-3H3,(H,17,18). The maximum absolute atomic E-state index is 14.0. The molecule has 0 saturated carbocycles. The third-order valence-electron chi connectivity index (χ3n) is 2.77. The average Bonchev–Trinajstić information content (AvgIpc) is 2.28. The van der Waals surface area contributed by atoms with Gasteiger partial charge in [-0.3, -0.25) is 0 Å². The molecule has 0 amide bonds. The lowest BCUT2D eigenvalue weighted by atomic mass is 10.1. The van der Waals surface area contributed by atoms with Crippen LogP contribution < -0.4 is 5.32 Å². The molecule has 0 spiro atoms. The van der Waals surface area contributed by atoms with Crippen molar-refractivity contribution in [3.05, 3.63) is 34.2 Å². The SMILES string of the molecule is CNc1cc(CC(C)C)nc2c(F)cc(Br)cc12. The Morgan fingerprint density at radius 1 is 1.33 bits per heavy atom. The van der Waals surface area contributed by atoms with Crippen LogP contribution in [0.4, 0.5) is 10.1 Å². The van der Waals surface area contributed by atoms with Gasteiger partial charge in [-0.15, -0.1) is 0 Å². The van der Waals surface area contributed by atoms with Crippen LogP contribution in [0.5, 0.6) is 0 Å². The number of nitrogens with one attached hydrogen (secondary N) is 1. The number of fused-ring (bicyclic) bond motifs is 1. The van der Waals surface area contributed by atoms with Gasteiger partial charge in [0.25, 0.3) is 0 Å². The summed E-state index contributed by atoms with van der Waals surface area (Å²) in [6.07, 6.45) is 0.847. The highest BCUT2D eigenvalue weighted by Crippen LogP contribution is 2.29. The van der Waals surface area contributed by atoms with Crippen molar-refractivity contribution in [1.82, 2.24) is 4.98 Å². The summed E-state index contributed by atoms with van der Waals surface area (Å²) in [5.41, 5.74) is 2.26. The van der Waals surface area contributed by atoms with Crippen LogP contribution in [0.25, 0.3) is 10.9 Å². The first-order chi connectivity index (χ1) is 8.51. The number of hydrogen-bond donors (Lipinski definition) is 1. The molecule has 2 rings (SSSR count). The zero-order chi connectivity index (χ0) is 13.3. The van der Waals surface area contributed by atoms with E-state index in [9.17, 15) is 4.39 Å². The maximum atomic E-state index is 14.0. The maximum Gasteiger partial charge on any atom is 0.150 e. The second kappa shape index (κ2) is 5.22. The molecule has 0 unspecified atom stereocenters. The third-order valence-corrected chi connectivity index (χ3v) is 3.23. The molecule has 2 aromatic rings. The van der Waals surface area contributed by atoms with Crippen LogP contribution in [0, 0.1) is 11.7 Å². The van der Waals surface area contributed by atoms with Gasteiger partial charge in [-0.25, -0.2) is 9.37 Å². The van der Waals surface area contributed by atoms with E-state index < -0.39 is 0 Å². The van der Waals surface area contributed by atoms with Crippen LogP contribution in [0.1, 0.15) is 19.5 Å². The third kappa shape index (κ3) is 2.64. The van der Waals surface area contributed by atoms with Crippen LogP contribution in [0.3, 0.4) is 0 Å².